The summed E-state index contributed by atoms with van der Waals surface area (Å²) in [6.07, 6.45) is 4.85. The number of carboxylic acids is 1. The first kappa shape index (κ1) is 16.7. The monoisotopic (exact) mass is 327 g/mol. The second kappa shape index (κ2) is 7.18. The molecule has 1 atom stereocenters. The van der Waals surface area contributed by atoms with Crippen molar-refractivity contribution in [2.24, 2.45) is 5.92 Å². The molecular weight excluding hydrogens is 302 g/mol. The number of hydrogen-bond acceptors (Lipinski definition) is 3. The number of rotatable bonds is 6. The van der Waals surface area contributed by atoms with E-state index in [1.165, 1.54) is 5.69 Å². The van der Waals surface area contributed by atoms with Gasteiger partial charge < -0.3 is 9.67 Å². The Bertz CT molecular complexity index is 708. The first-order valence-corrected chi connectivity index (χ1v) is 8.58. The lowest BCUT2D eigenvalue weighted by Gasteiger charge is -2.18. The molecule has 0 radical (unpaired) electrons. The highest BCUT2D eigenvalue weighted by Gasteiger charge is 2.27. The predicted octanol–water partition coefficient (Wildman–Crippen LogP) is 3.23. The summed E-state index contributed by atoms with van der Waals surface area (Å²) in [5.74, 6) is 0.0459. The molecule has 1 aromatic carbocycles. The van der Waals surface area contributed by atoms with Gasteiger partial charge in [0, 0.05) is 25.8 Å². The van der Waals surface area contributed by atoms with E-state index >= 15 is 0 Å². The zero-order valence-electron chi connectivity index (χ0n) is 14.4. The van der Waals surface area contributed by atoms with Gasteiger partial charge >= 0.3 is 5.97 Å². The van der Waals surface area contributed by atoms with Crippen LogP contribution < -0.4 is 0 Å². The Balaban J connectivity index is 1.68. The molecule has 1 aliphatic rings. The van der Waals surface area contributed by atoms with Crippen molar-refractivity contribution in [1.29, 1.82) is 0 Å². The Morgan fingerprint density at radius 3 is 2.92 bits per heavy atom. The van der Waals surface area contributed by atoms with Crippen molar-refractivity contribution in [2.75, 3.05) is 13.1 Å². The molecule has 0 aliphatic carbocycles. The van der Waals surface area contributed by atoms with Crippen LogP contribution in [0.1, 0.15) is 47.8 Å². The van der Waals surface area contributed by atoms with Crippen molar-refractivity contribution in [1.82, 2.24) is 14.5 Å². The number of hydrogen-bond donors (Lipinski definition) is 1. The van der Waals surface area contributed by atoms with E-state index in [1.54, 1.807) is 12.1 Å². The average molecular weight is 327 g/mol. The highest BCUT2D eigenvalue weighted by atomic mass is 16.4. The second-order valence-corrected chi connectivity index (χ2v) is 7.04. The molecule has 128 valence electrons. The van der Waals surface area contributed by atoms with Crippen molar-refractivity contribution >= 4 is 5.97 Å². The Labute approximate surface area is 142 Å². The molecule has 1 N–H and O–H groups in total. The van der Waals surface area contributed by atoms with Crippen LogP contribution in [0.5, 0.6) is 0 Å². The summed E-state index contributed by atoms with van der Waals surface area (Å²) in [5.41, 5.74) is 2.63. The lowest BCUT2D eigenvalue weighted by molar-refractivity contribution is 0.0695. The van der Waals surface area contributed by atoms with Gasteiger partial charge in [-0.05, 0) is 36.4 Å². The zero-order valence-corrected chi connectivity index (χ0v) is 14.4. The van der Waals surface area contributed by atoms with Crippen molar-refractivity contribution in [3.63, 3.8) is 0 Å². The molecule has 5 nitrogen and oxygen atoms in total. The number of aromatic carboxylic acids is 1. The first-order chi connectivity index (χ1) is 11.5. The van der Waals surface area contributed by atoms with Crippen molar-refractivity contribution in [3.05, 3.63) is 53.6 Å². The molecule has 0 saturated carbocycles. The lowest BCUT2D eigenvalue weighted by Crippen LogP contribution is -2.22. The third kappa shape index (κ3) is 3.67. The van der Waals surface area contributed by atoms with Crippen LogP contribution in [0.3, 0.4) is 0 Å². The van der Waals surface area contributed by atoms with Crippen LogP contribution >= 0.6 is 0 Å². The van der Waals surface area contributed by atoms with E-state index in [-0.39, 0.29) is 0 Å². The summed E-state index contributed by atoms with van der Waals surface area (Å²) >= 11 is 0. The second-order valence-electron chi connectivity index (χ2n) is 7.04. The summed E-state index contributed by atoms with van der Waals surface area (Å²) in [7, 11) is 0. The smallest absolute Gasteiger partial charge is 0.335 e. The maximum Gasteiger partial charge on any atom is 0.335 e. The lowest BCUT2D eigenvalue weighted by atomic mass is 9.93. The molecule has 0 spiro atoms. The number of nitrogens with zero attached hydrogens (tertiary/aromatic N) is 3. The van der Waals surface area contributed by atoms with Gasteiger partial charge in [0.05, 0.1) is 17.6 Å². The van der Waals surface area contributed by atoms with E-state index in [0.29, 0.717) is 17.4 Å². The molecule has 3 rings (SSSR count). The van der Waals surface area contributed by atoms with Gasteiger partial charge in [-0.25, -0.2) is 9.78 Å². The van der Waals surface area contributed by atoms with Crippen LogP contribution in [0.25, 0.3) is 0 Å². The molecule has 1 unspecified atom stereocenters. The van der Waals surface area contributed by atoms with Gasteiger partial charge in [-0.1, -0.05) is 32.0 Å². The molecule has 5 heteroatoms. The minimum absolute atomic E-state index is 0.291. The van der Waals surface area contributed by atoms with Gasteiger partial charge in [-0.15, -0.1) is 0 Å². The molecule has 2 aromatic rings. The Hall–Kier alpha value is -2.14. The van der Waals surface area contributed by atoms with Gasteiger partial charge in [0.15, 0.2) is 0 Å². The van der Waals surface area contributed by atoms with Crippen molar-refractivity contribution in [3.8, 4) is 0 Å². The highest BCUT2D eigenvalue weighted by molar-refractivity contribution is 5.89. The van der Waals surface area contributed by atoms with Crippen molar-refractivity contribution < 1.29 is 9.90 Å². The zero-order chi connectivity index (χ0) is 17.1. The fraction of sp³-hybridized carbons (Fsp3) is 0.474. The van der Waals surface area contributed by atoms with Crippen LogP contribution in [0.4, 0.5) is 0 Å². The molecule has 0 amide bonds. The average Bonchev–Trinajstić information content (AvgIpc) is 3.17. The van der Waals surface area contributed by atoms with E-state index in [9.17, 15) is 9.90 Å². The summed E-state index contributed by atoms with van der Waals surface area (Å²) < 4.78 is 2.23. The SMILES string of the molecule is CC(C)Cn1cncc1CN1CCC(c2ccccc2C(=O)O)C1. The van der Waals surface area contributed by atoms with Crippen LogP contribution in [0.2, 0.25) is 0 Å². The van der Waals surface area contributed by atoms with E-state index < -0.39 is 5.97 Å². The Morgan fingerprint density at radius 2 is 2.17 bits per heavy atom. The molecule has 2 heterocycles. The molecule has 1 saturated heterocycles. The van der Waals surface area contributed by atoms with Crippen LogP contribution in [-0.2, 0) is 13.1 Å². The minimum atomic E-state index is -0.834. The normalized spacial score (nSPS) is 18.4. The quantitative estimate of drug-likeness (QED) is 0.885. The maximum atomic E-state index is 11.4. The van der Waals surface area contributed by atoms with Crippen LogP contribution in [0, 0.1) is 5.92 Å². The first-order valence-electron chi connectivity index (χ1n) is 8.58. The third-order valence-electron chi connectivity index (χ3n) is 4.65. The van der Waals surface area contributed by atoms with E-state index in [0.717, 1.165) is 38.2 Å². The largest absolute Gasteiger partial charge is 0.478 e. The Kier molecular flexibility index (Phi) is 5.00. The van der Waals surface area contributed by atoms with E-state index in [2.05, 4.69) is 28.3 Å². The Morgan fingerprint density at radius 1 is 1.38 bits per heavy atom. The number of likely N-dealkylation sites (tertiary alicyclic amines) is 1. The molecule has 1 aliphatic heterocycles. The molecule has 0 bridgehead atoms. The molecular formula is C19H25N3O2. The van der Waals surface area contributed by atoms with E-state index in [4.69, 9.17) is 0 Å². The fourth-order valence-corrected chi connectivity index (χ4v) is 3.54. The molecule has 24 heavy (non-hydrogen) atoms. The summed E-state index contributed by atoms with van der Waals surface area (Å²) in [6, 6.07) is 7.39. The van der Waals surface area contributed by atoms with E-state index in [1.807, 2.05) is 24.7 Å². The van der Waals surface area contributed by atoms with Gasteiger partial charge in [0.2, 0.25) is 0 Å². The van der Waals surface area contributed by atoms with Crippen LogP contribution in [-0.4, -0.2) is 38.6 Å². The summed E-state index contributed by atoms with van der Waals surface area (Å²) in [6.45, 7) is 8.16. The number of aromatic nitrogens is 2. The molecule has 1 fully saturated rings. The molecule has 1 aromatic heterocycles. The fourth-order valence-electron chi connectivity index (χ4n) is 3.54. The summed E-state index contributed by atoms with van der Waals surface area (Å²) in [4.78, 5) is 18.1. The number of carboxylic acid groups (broad SMARTS) is 1. The van der Waals surface area contributed by atoms with Gasteiger partial charge in [-0.3, -0.25) is 4.90 Å². The number of benzene rings is 1. The van der Waals surface area contributed by atoms with Gasteiger partial charge in [-0.2, -0.15) is 0 Å². The standard InChI is InChI=1S/C19H25N3O2/c1-14(2)10-22-13-20-9-16(22)12-21-8-7-15(11-21)17-5-3-4-6-18(17)19(23)24/h3-6,9,13-15H,7-8,10-12H2,1-2H3,(H,23,24). The topological polar surface area (TPSA) is 58.4 Å². The number of imidazole rings is 1. The van der Waals surface area contributed by atoms with Gasteiger partial charge in [0.1, 0.15) is 0 Å². The third-order valence-corrected chi connectivity index (χ3v) is 4.65. The maximum absolute atomic E-state index is 11.4. The minimum Gasteiger partial charge on any atom is -0.478 e. The summed E-state index contributed by atoms with van der Waals surface area (Å²) in [5, 5.41) is 9.39. The van der Waals surface area contributed by atoms with Crippen LogP contribution in [0.15, 0.2) is 36.8 Å². The van der Waals surface area contributed by atoms with Crippen molar-refractivity contribution in [2.45, 2.75) is 39.3 Å². The predicted molar refractivity (Wildman–Crippen MR) is 93.1 cm³/mol. The highest BCUT2D eigenvalue weighted by Crippen LogP contribution is 2.30. The number of carbonyl (C=O) groups is 1. The van der Waals surface area contributed by atoms with Gasteiger partial charge in [0.25, 0.3) is 0 Å².